The van der Waals surface area contributed by atoms with Gasteiger partial charge in [0.25, 0.3) is 0 Å². The molecule has 1 heterocycles. The van der Waals surface area contributed by atoms with E-state index in [4.69, 9.17) is 21.4 Å². The highest BCUT2D eigenvalue weighted by Gasteiger charge is 1.98. The maximum absolute atomic E-state index is 10.1. The van der Waals surface area contributed by atoms with Crippen LogP contribution in [-0.4, -0.2) is 22.7 Å². The molecular formula is C8H8ClNO3. The average Bonchev–Trinajstić information content (AvgIpc) is 2.08. The van der Waals surface area contributed by atoms with Gasteiger partial charge in [0.05, 0.1) is 11.4 Å². The van der Waals surface area contributed by atoms with Gasteiger partial charge in [-0.2, -0.15) is 0 Å². The molecule has 13 heavy (non-hydrogen) atoms. The van der Waals surface area contributed by atoms with Gasteiger partial charge in [-0.1, -0.05) is 11.6 Å². The molecule has 70 valence electrons. The smallest absolute Gasteiger partial charge is 0.306 e. The van der Waals surface area contributed by atoms with Crippen molar-refractivity contribution >= 4 is 17.6 Å². The zero-order valence-electron chi connectivity index (χ0n) is 6.74. The van der Waals surface area contributed by atoms with Crippen LogP contribution in [0.15, 0.2) is 18.3 Å². The van der Waals surface area contributed by atoms with Crippen LogP contribution in [0.3, 0.4) is 0 Å². The Labute approximate surface area is 80.1 Å². The summed E-state index contributed by atoms with van der Waals surface area (Å²) in [6.45, 7) is 0.115. The number of aromatic nitrogens is 1. The Morgan fingerprint density at radius 1 is 1.62 bits per heavy atom. The van der Waals surface area contributed by atoms with E-state index >= 15 is 0 Å². The third-order valence-electron chi connectivity index (χ3n) is 1.27. The highest BCUT2D eigenvalue weighted by molar-refractivity contribution is 6.30. The van der Waals surface area contributed by atoms with Crippen molar-refractivity contribution < 1.29 is 14.6 Å². The molecule has 0 radical (unpaired) electrons. The van der Waals surface area contributed by atoms with Crippen molar-refractivity contribution in [3.63, 3.8) is 0 Å². The first kappa shape index (κ1) is 9.80. The number of hydrogen-bond donors (Lipinski definition) is 1. The Balaban J connectivity index is 2.37. The summed E-state index contributed by atoms with van der Waals surface area (Å²) in [6, 6.07) is 3.22. The van der Waals surface area contributed by atoms with Crippen molar-refractivity contribution in [2.75, 3.05) is 6.61 Å². The molecule has 1 aromatic rings. The number of aliphatic carboxylic acids is 1. The summed E-state index contributed by atoms with van der Waals surface area (Å²) >= 11 is 5.58. The first-order chi connectivity index (χ1) is 6.18. The number of nitrogens with zero attached hydrogens (tertiary/aromatic N) is 1. The molecule has 0 aliphatic heterocycles. The molecule has 1 N–H and O–H groups in total. The number of ether oxygens (including phenoxy) is 1. The molecule has 0 aliphatic rings. The van der Waals surface area contributed by atoms with Crippen LogP contribution in [0.4, 0.5) is 0 Å². The number of rotatable bonds is 4. The lowest BCUT2D eigenvalue weighted by molar-refractivity contribution is -0.137. The van der Waals surface area contributed by atoms with Crippen LogP contribution in [0.25, 0.3) is 0 Å². The molecule has 1 rings (SSSR count). The number of carboxylic acid groups (broad SMARTS) is 1. The molecule has 0 saturated heterocycles. The zero-order valence-corrected chi connectivity index (χ0v) is 7.49. The van der Waals surface area contributed by atoms with E-state index in [1.165, 1.54) is 6.20 Å². The number of carboxylic acids is 1. The Bertz CT molecular complexity index is 286. The lowest BCUT2D eigenvalue weighted by Crippen LogP contribution is -2.05. The van der Waals surface area contributed by atoms with E-state index in [0.29, 0.717) is 10.9 Å². The van der Waals surface area contributed by atoms with Crippen molar-refractivity contribution in [2.24, 2.45) is 0 Å². The van der Waals surface area contributed by atoms with E-state index in [9.17, 15) is 4.79 Å². The molecule has 0 aliphatic carbocycles. The van der Waals surface area contributed by atoms with Crippen molar-refractivity contribution in [3.8, 4) is 5.88 Å². The van der Waals surface area contributed by atoms with Crippen LogP contribution in [0, 0.1) is 0 Å². The zero-order chi connectivity index (χ0) is 9.68. The van der Waals surface area contributed by atoms with Crippen LogP contribution >= 0.6 is 11.6 Å². The van der Waals surface area contributed by atoms with Crippen LogP contribution in [-0.2, 0) is 4.79 Å². The summed E-state index contributed by atoms with van der Waals surface area (Å²) in [7, 11) is 0. The van der Waals surface area contributed by atoms with Gasteiger partial charge in [0.15, 0.2) is 0 Å². The maximum atomic E-state index is 10.1. The summed E-state index contributed by atoms with van der Waals surface area (Å²) in [5.41, 5.74) is 0. The van der Waals surface area contributed by atoms with Gasteiger partial charge in [-0.3, -0.25) is 4.79 Å². The van der Waals surface area contributed by atoms with Gasteiger partial charge in [-0.25, -0.2) is 4.98 Å². The topological polar surface area (TPSA) is 59.4 Å². The molecule has 0 unspecified atom stereocenters. The van der Waals surface area contributed by atoms with Gasteiger partial charge in [-0.05, 0) is 6.07 Å². The van der Waals surface area contributed by atoms with Gasteiger partial charge in [0, 0.05) is 12.3 Å². The second-order valence-electron chi connectivity index (χ2n) is 2.31. The van der Waals surface area contributed by atoms with E-state index < -0.39 is 5.97 Å². The fourth-order valence-corrected chi connectivity index (χ4v) is 0.802. The van der Waals surface area contributed by atoms with Gasteiger partial charge in [0.2, 0.25) is 5.88 Å². The van der Waals surface area contributed by atoms with Gasteiger partial charge in [-0.15, -0.1) is 0 Å². The third-order valence-corrected chi connectivity index (χ3v) is 1.49. The first-order valence-corrected chi connectivity index (χ1v) is 4.02. The van der Waals surface area contributed by atoms with Crippen molar-refractivity contribution in [1.82, 2.24) is 4.98 Å². The second kappa shape index (κ2) is 4.67. The SMILES string of the molecule is O=C(O)CCOc1ccc(Cl)cn1. The highest BCUT2D eigenvalue weighted by atomic mass is 35.5. The van der Waals surface area contributed by atoms with Gasteiger partial charge in [0.1, 0.15) is 6.61 Å². The molecule has 0 fully saturated rings. The molecule has 1 aromatic heterocycles. The minimum absolute atomic E-state index is 0.0374. The molecule has 5 heteroatoms. The monoisotopic (exact) mass is 201 g/mol. The predicted molar refractivity (Wildman–Crippen MR) is 47.0 cm³/mol. The average molecular weight is 202 g/mol. The summed E-state index contributed by atoms with van der Waals surface area (Å²) < 4.78 is 5.02. The minimum Gasteiger partial charge on any atom is -0.481 e. The van der Waals surface area contributed by atoms with E-state index in [0.717, 1.165) is 0 Å². The van der Waals surface area contributed by atoms with Crippen LogP contribution < -0.4 is 4.74 Å². The standard InChI is InChI=1S/C8H8ClNO3/c9-6-1-2-7(10-5-6)13-4-3-8(11)12/h1-2,5H,3-4H2,(H,11,12). The number of hydrogen-bond acceptors (Lipinski definition) is 3. The molecule has 0 bridgehead atoms. The molecule has 0 amide bonds. The lowest BCUT2D eigenvalue weighted by Gasteiger charge is -2.01. The number of pyridine rings is 1. The van der Waals surface area contributed by atoms with Crippen LogP contribution in [0.2, 0.25) is 5.02 Å². The summed E-state index contributed by atoms with van der Waals surface area (Å²) in [4.78, 5) is 14.0. The van der Waals surface area contributed by atoms with Crippen molar-refractivity contribution in [2.45, 2.75) is 6.42 Å². The Kier molecular flexibility index (Phi) is 3.52. The van der Waals surface area contributed by atoms with Crippen LogP contribution in [0.5, 0.6) is 5.88 Å². The Hall–Kier alpha value is -1.29. The normalized spacial score (nSPS) is 9.62. The van der Waals surface area contributed by atoms with Crippen molar-refractivity contribution in [1.29, 1.82) is 0 Å². The molecule has 0 aromatic carbocycles. The highest BCUT2D eigenvalue weighted by Crippen LogP contribution is 2.11. The summed E-state index contributed by atoms with van der Waals surface area (Å²) in [5, 5.41) is 8.83. The fraction of sp³-hybridized carbons (Fsp3) is 0.250. The number of halogens is 1. The molecule has 0 spiro atoms. The molecule has 0 saturated carbocycles. The molecule has 0 atom stereocenters. The van der Waals surface area contributed by atoms with Gasteiger partial charge < -0.3 is 9.84 Å². The number of carbonyl (C=O) groups is 1. The third kappa shape index (κ3) is 3.75. The summed E-state index contributed by atoms with van der Waals surface area (Å²) in [5.74, 6) is -0.514. The largest absolute Gasteiger partial charge is 0.481 e. The quantitative estimate of drug-likeness (QED) is 0.804. The van der Waals surface area contributed by atoms with E-state index in [1.54, 1.807) is 12.1 Å². The molecule has 4 nitrogen and oxygen atoms in total. The maximum Gasteiger partial charge on any atom is 0.306 e. The predicted octanol–water partition coefficient (Wildman–Crippen LogP) is 1.59. The second-order valence-corrected chi connectivity index (χ2v) is 2.74. The van der Waals surface area contributed by atoms with Crippen molar-refractivity contribution in [3.05, 3.63) is 23.4 Å². The minimum atomic E-state index is -0.894. The van der Waals surface area contributed by atoms with E-state index in [1.807, 2.05) is 0 Å². The molecular weight excluding hydrogens is 194 g/mol. The first-order valence-electron chi connectivity index (χ1n) is 3.64. The summed E-state index contributed by atoms with van der Waals surface area (Å²) in [6.07, 6.45) is 1.40. The van der Waals surface area contributed by atoms with Gasteiger partial charge >= 0.3 is 5.97 Å². The fourth-order valence-electron chi connectivity index (χ4n) is 0.691. The van der Waals surface area contributed by atoms with E-state index in [-0.39, 0.29) is 13.0 Å². The van der Waals surface area contributed by atoms with E-state index in [2.05, 4.69) is 4.98 Å². The Morgan fingerprint density at radius 3 is 2.92 bits per heavy atom. The lowest BCUT2D eigenvalue weighted by atomic mass is 10.4. The Morgan fingerprint density at radius 2 is 2.38 bits per heavy atom. The van der Waals surface area contributed by atoms with Crippen LogP contribution in [0.1, 0.15) is 6.42 Å².